The van der Waals surface area contributed by atoms with Crippen LogP contribution in [0.3, 0.4) is 0 Å². The lowest BCUT2D eigenvalue weighted by Gasteiger charge is -2.24. The molecule has 12 heteroatoms. The fraction of sp³-hybridized carbons (Fsp3) is 0.0400. The number of fused-ring (bicyclic) bond motifs is 11. The van der Waals surface area contributed by atoms with Gasteiger partial charge in [-0.1, -0.05) is 33.5 Å². The van der Waals surface area contributed by atoms with Crippen LogP contribution in [0.15, 0.2) is 69.9 Å². The van der Waals surface area contributed by atoms with Gasteiger partial charge in [0, 0.05) is 82.0 Å². The van der Waals surface area contributed by atoms with Crippen molar-refractivity contribution >= 4 is 72.0 Å². The summed E-state index contributed by atoms with van der Waals surface area (Å²) < 4.78 is 0. The number of rotatable bonds is 3. The van der Waals surface area contributed by atoms with Gasteiger partial charge >= 0.3 is 0 Å². The van der Waals surface area contributed by atoms with Crippen LogP contribution in [-0.4, -0.2) is 9.97 Å². The van der Waals surface area contributed by atoms with Crippen LogP contribution in [0.5, 0.6) is 0 Å². The van der Waals surface area contributed by atoms with Crippen LogP contribution in [0.1, 0.15) is 11.1 Å². The molecule has 3 heterocycles. The molecule has 12 nitrogen and oxygen atoms in total. The first kappa shape index (κ1) is 20.6. The Kier molecular flexibility index (Phi) is 4.23. The highest BCUT2D eigenvalue weighted by molar-refractivity contribution is 6.30. The summed E-state index contributed by atoms with van der Waals surface area (Å²) in [7, 11) is 0. The molecular formula is C25H14N12. The molecular weight excluding hydrogens is 468 g/mol. The first-order chi connectivity index (χ1) is 18.2. The fourth-order valence-corrected chi connectivity index (χ4v) is 5.40. The number of nitrogens with zero attached hydrogens (tertiary/aromatic N) is 9. The molecule has 3 N–H and O–H groups in total. The standard InChI is InChI=1S/C25H14N12/c26-35-32-12-1-4-18-11(7-12)8-17-23(29-18)21-16-10-14(34-37-28)3-6-20(16)31-25(21)22-15-9-13(33-36-27)2-5-19(15)30-24(17)22/h1-7,9-10,29-31H,8H2. The molecule has 2 aromatic heterocycles. The molecule has 0 aliphatic carbocycles. The fourth-order valence-electron chi connectivity index (χ4n) is 5.40. The van der Waals surface area contributed by atoms with Crippen molar-refractivity contribution in [2.24, 2.45) is 15.3 Å². The Morgan fingerprint density at radius 2 is 1.22 bits per heavy atom. The molecule has 6 aromatic rings. The number of H-pyrrole nitrogens is 2. The van der Waals surface area contributed by atoms with E-state index in [1.54, 1.807) is 18.2 Å². The highest BCUT2D eigenvalue weighted by Gasteiger charge is 2.26. The average molecular weight is 482 g/mol. The van der Waals surface area contributed by atoms with E-state index in [4.69, 9.17) is 16.6 Å². The molecule has 0 saturated carbocycles. The molecule has 4 aromatic carbocycles. The smallest absolute Gasteiger partial charge is 0.0587 e. The number of benzene rings is 4. The first-order valence-corrected chi connectivity index (χ1v) is 11.3. The van der Waals surface area contributed by atoms with Gasteiger partial charge in [-0.05, 0) is 58.6 Å². The van der Waals surface area contributed by atoms with Crippen molar-refractivity contribution in [1.29, 1.82) is 0 Å². The molecule has 0 bridgehead atoms. The zero-order valence-corrected chi connectivity index (χ0v) is 18.9. The number of hydrogen-bond acceptors (Lipinski definition) is 4. The Balaban J connectivity index is 1.64. The molecule has 1 aliphatic heterocycles. The van der Waals surface area contributed by atoms with Crippen molar-refractivity contribution in [3.05, 3.63) is 97.1 Å². The Labute approximate surface area is 206 Å². The molecule has 0 spiro atoms. The second kappa shape index (κ2) is 7.61. The van der Waals surface area contributed by atoms with Crippen molar-refractivity contribution in [2.45, 2.75) is 6.42 Å². The van der Waals surface area contributed by atoms with E-state index in [1.807, 2.05) is 36.4 Å². The minimum atomic E-state index is 0.518. The van der Waals surface area contributed by atoms with E-state index in [-0.39, 0.29) is 0 Å². The van der Waals surface area contributed by atoms with E-state index in [2.05, 4.69) is 45.4 Å². The van der Waals surface area contributed by atoms with Crippen LogP contribution in [-0.2, 0) is 6.42 Å². The number of aromatic amines is 2. The molecule has 0 atom stereocenters. The third-order valence-corrected chi connectivity index (χ3v) is 6.86. The lowest BCUT2D eigenvalue weighted by Crippen LogP contribution is -2.08. The summed E-state index contributed by atoms with van der Waals surface area (Å²) >= 11 is 0. The summed E-state index contributed by atoms with van der Waals surface area (Å²) in [4.78, 5) is 15.9. The first-order valence-electron chi connectivity index (χ1n) is 11.3. The van der Waals surface area contributed by atoms with Gasteiger partial charge in [-0.15, -0.1) is 0 Å². The number of hydrogen-bond donors (Lipinski definition) is 3. The van der Waals surface area contributed by atoms with Crippen LogP contribution in [0, 0.1) is 0 Å². The molecule has 0 unspecified atom stereocenters. The molecule has 174 valence electrons. The van der Waals surface area contributed by atoms with Gasteiger partial charge in [-0.25, -0.2) is 0 Å². The van der Waals surface area contributed by atoms with Crippen LogP contribution in [0.25, 0.3) is 74.9 Å². The summed E-state index contributed by atoms with van der Waals surface area (Å²) in [5.41, 5.74) is 36.0. The van der Waals surface area contributed by atoms with Crippen LogP contribution < -0.4 is 5.32 Å². The van der Waals surface area contributed by atoms with E-state index in [0.717, 1.165) is 66.1 Å². The predicted octanol–water partition coefficient (Wildman–Crippen LogP) is 9.43. The van der Waals surface area contributed by atoms with Crippen molar-refractivity contribution in [1.82, 2.24) is 9.97 Å². The summed E-state index contributed by atoms with van der Waals surface area (Å²) in [5.74, 6) is 0. The number of nitrogens with one attached hydrogen (secondary N) is 3. The summed E-state index contributed by atoms with van der Waals surface area (Å²) in [5, 5.41) is 18.7. The molecule has 7 rings (SSSR count). The largest absolute Gasteiger partial charge is 0.354 e. The van der Waals surface area contributed by atoms with E-state index in [1.165, 1.54) is 0 Å². The molecule has 37 heavy (non-hydrogen) atoms. The van der Waals surface area contributed by atoms with Crippen molar-refractivity contribution < 1.29 is 0 Å². The van der Waals surface area contributed by atoms with Crippen LogP contribution in [0.4, 0.5) is 28.4 Å². The van der Waals surface area contributed by atoms with Crippen molar-refractivity contribution in [2.75, 3.05) is 5.32 Å². The monoisotopic (exact) mass is 482 g/mol. The molecule has 0 amide bonds. The SMILES string of the molecule is [N-]=[N+]=Nc1ccc2c(c1)Cc1c(c3c4cc(N=[N+]=[N-])ccc4[nH]c3c3c1[nH]c1ccc(N=[N+]=[N-])cc13)N2. The summed E-state index contributed by atoms with van der Waals surface area (Å²) in [6.07, 6.45) is 0.595. The zero-order chi connectivity index (χ0) is 25.1. The van der Waals surface area contributed by atoms with E-state index in [0.29, 0.717) is 23.5 Å². The normalized spacial score (nSPS) is 11.9. The van der Waals surface area contributed by atoms with Gasteiger partial charge in [0.2, 0.25) is 0 Å². The highest BCUT2D eigenvalue weighted by Crippen LogP contribution is 2.48. The van der Waals surface area contributed by atoms with Crippen molar-refractivity contribution in [3.8, 4) is 0 Å². The maximum Gasteiger partial charge on any atom is 0.0587 e. The predicted molar refractivity (Wildman–Crippen MR) is 144 cm³/mol. The lowest BCUT2D eigenvalue weighted by molar-refractivity contribution is 1.17. The van der Waals surface area contributed by atoms with E-state index < -0.39 is 0 Å². The molecule has 0 radical (unpaired) electrons. The second-order valence-electron chi connectivity index (χ2n) is 8.77. The minimum absolute atomic E-state index is 0.518. The molecule has 0 fully saturated rings. The highest BCUT2D eigenvalue weighted by atomic mass is 15.1. The number of azide groups is 3. The number of aromatic nitrogens is 2. The maximum atomic E-state index is 8.99. The van der Waals surface area contributed by atoms with Gasteiger partial charge in [0.1, 0.15) is 0 Å². The Morgan fingerprint density at radius 1 is 0.649 bits per heavy atom. The van der Waals surface area contributed by atoms with Gasteiger partial charge in [-0.2, -0.15) is 0 Å². The average Bonchev–Trinajstić information content (AvgIpc) is 3.47. The Morgan fingerprint density at radius 3 is 1.86 bits per heavy atom. The van der Waals surface area contributed by atoms with E-state index >= 15 is 0 Å². The van der Waals surface area contributed by atoms with Crippen LogP contribution in [0.2, 0.25) is 0 Å². The van der Waals surface area contributed by atoms with Crippen LogP contribution >= 0.6 is 0 Å². The van der Waals surface area contributed by atoms with Gasteiger partial charge < -0.3 is 15.3 Å². The quantitative estimate of drug-likeness (QED) is 0.126. The number of anilines is 2. The minimum Gasteiger partial charge on any atom is -0.354 e. The van der Waals surface area contributed by atoms with Gasteiger partial charge in [0.05, 0.1) is 16.7 Å². The molecule has 0 saturated heterocycles. The van der Waals surface area contributed by atoms with Gasteiger partial charge in [0.15, 0.2) is 0 Å². The maximum absolute atomic E-state index is 8.99. The molecule has 1 aliphatic rings. The van der Waals surface area contributed by atoms with Gasteiger partial charge in [-0.3, -0.25) is 0 Å². The third-order valence-electron chi connectivity index (χ3n) is 6.86. The second-order valence-corrected chi connectivity index (χ2v) is 8.77. The lowest BCUT2D eigenvalue weighted by atomic mass is 9.91. The summed E-state index contributed by atoms with van der Waals surface area (Å²) in [6, 6.07) is 16.7. The van der Waals surface area contributed by atoms with E-state index in [9.17, 15) is 0 Å². The van der Waals surface area contributed by atoms with Crippen molar-refractivity contribution in [3.63, 3.8) is 0 Å². The van der Waals surface area contributed by atoms with Gasteiger partial charge in [0.25, 0.3) is 0 Å². The zero-order valence-electron chi connectivity index (χ0n) is 18.9. The third kappa shape index (κ3) is 2.95. The Hall–Kier alpha value is -5.79. The topological polar surface area (TPSA) is 190 Å². The summed E-state index contributed by atoms with van der Waals surface area (Å²) in [6.45, 7) is 0. The Bertz CT molecular complexity index is 2110.